The lowest BCUT2D eigenvalue weighted by Gasteiger charge is -2.34. The Labute approximate surface area is 124 Å². The minimum Gasteiger partial charge on any atom is -0.477 e. The molecule has 1 saturated heterocycles. The Morgan fingerprint density at radius 3 is 3.00 bits per heavy atom. The van der Waals surface area contributed by atoms with Crippen LogP contribution in [0.3, 0.4) is 0 Å². The SMILES string of the molecule is CCNC(=O)C1COCCN1c1nc(Cl)c(C(=O)O)s1. The Balaban J connectivity index is 2.25. The highest BCUT2D eigenvalue weighted by molar-refractivity contribution is 7.18. The van der Waals surface area contributed by atoms with Crippen LogP contribution < -0.4 is 10.2 Å². The van der Waals surface area contributed by atoms with Crippen molar-refractivity contribution in [2.75, 3.05) is 31.2 Å². The number of aromatic carboxylic acids is 1. The number of carboxylic acid groups (broad SMARTS) is 1. The van der Waals surface area contributed by atoms with Gasteiger partial charge in [-0.3, -0.25) is 4.79 Å². The van der Waals surface area contributed by atoms with E-state index in [9.17, 15) is 9.59 Å². The number of hydrogen-bond donors (Lipinski definition) is 2. The second-order valence-electron chi connectivity index (χ2n) is 4.10. The second-order valence-corrected chi connectivity index (χ2v) is 5.44. The van der Waals surface area contributed by atoms with E-state index in [2.05, 4.69) is 10.3 Å². The van der Waals surface area contributed by atoms with Crippen molar-refractivity contribution in [1.29, 1.82) is 0 Å². The fraction of sp³-hybridized carbons (Fsp3) is 0.545. The topological polar surface area (TPSA) is 91.8 Å². The van der Waals surface area contributed by atoms with Crippen molar-refractivity contribution in [2.24, 2.45) is 0 Å². The summed E-state index contributed by atoms with van der Waals surface area (Å²) >= 11 is 6.77. The second kappa shape index (κ2) is 6.38. The van der Waals surface area contributed by atoms with E-state index < -0.39 is 12.0 Å². The highest BCUT2D eigenvalue weighted by Gasteiger charge is 2.32. The predicted molar refractivity (Wildman–Crippen MR) is 74.7 cm³/mol. The summed E-state index contributed by atoms with van der Waals surface area (Å²) in [6.45, 7) is 3.50. The van der Waals surface area contributed by atoms with Crippen LogP contribution in [0.25, 0.3) is 0 Å². The molecule has 1 amide bonds. The number of carbonyl (C=O) groups excluding carboxylic acids is 1. The third-order valence-electron chi connectivity index (χ3n) is 2.80. The van der Waals surface area contributed by atoms with Crippen LogP contribution in [-0.4, -0.2) is 54.3 Å². The molecule has 2 N–H and O–H groups in total. The summed E-state index contributed by atoms with van der Waals surface area (Å²) in [6.07, 6.45) is 0. The number of nitrogens with zero attached hydrogens (tertiary/aromatic N) is 2. The molecule has 0 spiro atoms. The van der Waals surface area contributed by atoms with Gasteiger partial charge in [0.1, 0.15) is 6.04 Å². The number of carboxylic acids is 1. The summed E-state index contributed by atoms with van der Waals surface area (Å²) in [5.41, 5.74) is 0. The van der Waals surface area contributed by atoms with Crippen LogP contribution in [0, 0.1) is 0 Å². The van der Waals surface area contributed by atoms with Gasteiger partial charge in [0.2, 0.25) is 5.91 Å². The van der Waals surface area contributed by atoms with Gasteiger partial charge in [0.15, 0.2) is 15.2 Å². The number of hydrogen-bond acceptors (Lipinski definition) is 6. The smallest absolute Gasteiger partial charge is 0.349 e. The van der Waals surface area contributed by atoms with Crippen LogP contribution >= 0.6 is 22.9 Å². The fourth-order valence-corrected chi connectivity index (χ4v) is 3.09. The Hall–Kier alpha value is -1.38. The Morgan fingerprint density at radius 1 is 1.65 bits per heavy atom. The summed E-state index contributed by atoms with van der Waals surface area (Å²) in [7, 11) is 0. The summed E-state index contributed by atoms with van der Waals surface area (Å²) in [5, 5.41) is 12.1. The third-order valence-corrected chi connectivity index (χ3v) is 4.26. The lowest BCUT2D eigenvalue weighted by molar-refractivity contribution is -0.124. The molecule has 1 aromatic heterocycles. The first kappa shape index (κ1) is 15.0. The van der Waals surface area contributed by atoms with Gasteiger partial charge in [-0.2, -0.15) is 0 Å². The van der Waals surface area contributed by atoms with E-state index >= 15 is 0 Å². The summed E-state index contributed by atoms with van der Waals surface area (Å²) in [4.78, 5) is 28.8. The number of halogens is 1. The maximum Gasteiger partial charge on any atom is 0.349 e. The molecule has 1 unspecified atom stereocenters. The number of anilines is 1. The number of rotatable bonds is 4. The Kier molecular flexibility index (Phi) is 4.79. The average molecular weight is 320 g/mol. The van der Waals surface area contributed by atoms with E-state index in [1.165, 1.54) is 0 Å². The van der Waals surface area contributed by atoms with Crippen LogP contribution in [0.4, 0.5) is 5.13 Å². The quantitative estimate of drug-likeness (QED) is 0.854. The van der Waals surface area contributed by atoms with E-state index in [1.807, 2.05) is 6.92 Å². The highest BCUT2D eigenvalue weighted by Crippen LogP contribution is 2.31. The molecule has 1 aliphatic heterocycles. The van der Waals surface area contributed by atoms with Crippen molar-refractivity contribution >= 4 is 39.9 Å². The van der Waals surface area contributed by atoms with Gasteiger partial charge in [-0.1, -0.05) is 22.9 Å². The van der Waals surface area contributed by atoms with Crippen LogP contribution in [0.1, 0.15) is 16.6 Å². The molecular weight excluding hydrogens is 306 g/mol. The van der Waals surface area contributed by atoms with Crippen molar-refractivity contribution in [3.05, 3.63) is 10.0 Å². The van der Waals surface area contributed by atoms with Crippen molar-refractivity contribution in [3.8, 4) is 0 Å². The van der Waals surface area contributed by atoms with Crippen molar-refractivity contribution in [3.63, 3.8) is 0 Å². The number of amides is 1. The molecule has 0 aliphatic carbocycles. The number of nitrogens with one attached hydrogen (secondary N) is 1. The summed E-state index contributed by atoms with van der Waals surface area (Å²) in [6, 6.07) is -0.521. The molecule has 0 radical (unpaired) electrons. The van der Waals surface area contributed by atoms with E-state index in [1.54, 1.807) is 4.90 Å². The van der Waals surface area contributed by atoms with E-state index in [0.29, 0.717) is 24.8 Å². The molecule has 2 heterocycles. The van der Waals surface area contributed by atoms with Crippen molar-refractivity contribution in [2.45, 2.75) is 13.0 Å². The van der Waals surface area contributed by atoms with Gasteiger partial charge in [0.25, 0.3) is 0 Å². The zero-order valence-corrected chi connectivity index (χ0v) is 12.3. The standard InChI is InChI=1S/C11H14ClN3O4S/c1-2-13-9(16)6-5-19-4-3-15(6)11-14-8(12)7(20-11)10(17)18/h6H,2-5H2,1H3,(H,13,16)(H,17,18). The zero-order chi connectivity index (χ0) is 14.7. The summed E-state index contributed by atoms with van der Waals surface area (Å²) in [5.74, 6) is -1.29. The molecule has 0 aromatic carbocycles. The molecule has 2 rings (SSSR count). The van der Waals surface area contributed by atoms with Gasteiger partial charge in [0, 0.05) is 13.1 Å². The number of thiazole rings is 1. The Bertz CT molecular complexity index is 522. The first-order chi connectivity index (χ1) is 9.54. The minimum absolute atomic E-state index is 0.0252. The van der Waals surface area contributed by atoms with Crippen LogP contribution in [-0.2, 0) is 9.53 Å². The molecule has 9 heteroatoms. The third kappa shape index (κ3) is 3.02. The minimum atomic E-state index is -1.12. The van der Waals surface area contributed by atoms with Gasteiger partial charge in [0.05, 0.1) is 13.2 Å². The zero-order valence-electron chi connectivity index (χ0n) is 10.8. The number of aromatic nitrogens is 1. The molecule has 1 aromatic rings. The van der Waals surface area contributed by atoms with E-state index in [4.69, 9.17) is 21.4 Å². The van der Waals surface area contributed by atoms with Crippen LogP contribution in [0.5, 0.6) is 0 Å². The maximum absolute atomic E-state index is 12.0. The molecule has 1 atom stereocenters. The number of ether oxygens (including phenoxy) is 1. The summed E-state index contributed by atoms with van der Waals surface area (Å²) < 4.78 is 5.31. The van der Waals surface area contributed by atoms with Crippen molar-refractivity contribution < 1.29 is 19.4 Å². The highest BCUT2D eigenvalue weighted by atomic mass is 35.5. The molecular formula is C11H14ClN3O4S. The predicted octanol–water partition coefficient (Wildman–Crippen LogP) is 0.836. The lowest BCUT2D eigenvalue weighted by Crippen LogP contribution is -2.54. The van der Waals surface area contributed by atoms with Gasteiger partial charge < -0.3 is 20.1 Å². The van der Waals surface area contributed by atoms with Gasteiger partial charge in [-0.25, -0.2) is 9.78 Å². The molecule has 110 valence electrons. The first-order valence-corrected chi connectivity index (χ1v) is 7.25. The fourth-order valence-electron chi connectivity index (χ4n) is 1.89. The van der Waals surface area contributed by atoms with Gasteiger partial charge in [-0.05, 0) is 6.92 Å². The molecule has 0 bridgehead atoms. The van der Waals surface area contributed by atoms with Gasteiger partial charge >= 0.3 is 5.97 Å². The monoisotopic (exact) mass is 319 g/mol. The number of likely N-dealkylation sites (N-methyl/N-ethyl adjacent to an activating group) is 1. The average Bonchev–Trinajstić information content (AvgIpc) is 2.81. The largest absolute Gasteiger partial charge is 0.477 e. The number of morpholine rings is 1. The van der Waals surface area contributed by atoms with Gasteiger partial charge in [-0.15, -0.1) is 0 Å². The van der Waals surface area contributed by atoms with Crippen LogP contribution in [0.15, 0.2) is 0 Å². The normalized spacial score (nSPS) is 18.9. The number of carbonyl (C=O) groups is 2. The Morgan fingerprint density at radius 2 is 2.40 bits per heavy atom. The molecule has 20 heavy (non-hydrogen) atoms. The molecule has 7 nitrogen and oxygen atoms in total. The van der Waals surface area contributed by atoms with E-state index in [-0.39, 0.29) is 22.5 Å². The van der Waals surface area contributed by atoms with E-state index in [0.717, 1.165) is 11.3 Å². The first-order valence-electron chi connectivity index (χ1n) is 6.06. The molecule has 1 fully saturated rings. The lowest BCUT2D eigenvalue weighted by atomic mass is 10.2. The van der Waals surface area contributed by atoms with Crippen LogP contribution in [0.2, 0.25) is 5.15 Å². The molecule has 1 aliphatic rings. The molecule has 0 saturated carbocycles. The maximum atomic E-state index is 12.0. The van der Waals surface area contributed by atoms with Crippen molar-refractivity contribution in [1.82, 2.24) is 10.3 Å².